The van der Waals surface area contributed by atoms with E-state index < -0.39 is 0 Å². The fraction of sp³-hybridized carbons (Fsp3) is 0.474. The van der Waals surface area contributed by atoms with E-state index in [2.05, 4.69) is 24.2 Å². The van der Waals surface area contributed by atoms with Crippen LogP contribution in [-0.2, 0) is 17.6 Å². The van der Waals surface area contributed by atoms with Gasteiger partial charge in [0.15, 0.2) is 0 Å². The van der Waals surface area contributed by atoms with Gasteiger partial charge in [-0.1, -0.05) is 24.2 Å². The van der Waals surface area contributed by atoms with Crippen LogP contribution in [-0.4, -0.2) is 35.2 Å². The van der Waals surface area contributed by atoms with E-state index in [4.69, 9.17) is 9.26 Å². The summed E-state index contributed by atoms with van der Waals surface area (Å²) < 4.78 is 11.1. The molecule has 1 aliphatic heterocycles. The molecule has 1 saturated heterocycles. The van der Waals surface area contributed by atoms with Crippen LogP contribution in [0.15, 0.2) is 34.9 Å². The molecule has 3 rings (SSSR count). The number of rotatable bonds is 5. The average Bonchev–Trinajstić information content (AvgIpc) is 3.00. The first kappa shape index (κ1) is 16.6. The zero-order valence-corrected chi connectivity index (χ0v) is 14.3. The second kappa shape index (κ2) is 7.51. The number of likely N-dealkylation sites (tertiary alicyclic amines) is 1. The van der Waals surface area contributed by atoms with E-state index in [0.717, 1.165) is 43.9 Å². The maximum atomic E-state index is 12.3. The molecule has 1 aromatic heterocycles. The Hall–Kier alpha value is -2.30. The molecule has 0 spiro atoms. The third-order valence-corrected chi connectivity index (χ3v) is 4.41. The average molecular weight is 328 g/mol. The van der Waals surface area contributed by atoms with Crippen LogP contribution in [0.2, 0.25) is 0 Å². The molecule has 1 aromatic carbocycles. The fourth-order valence-corrected chi connectivity index (χ4v) is 3.02. The molecule has 0 radical (unpaired) electrons. The van der Waals surface area contributed by atoms with E-state index in [0.29, 0.717) is 12.1 Å². The standard InChI is InChI=1S/C19H24N2O3/c1-3-15-5-4-6-18(12-15)23-17-7-9-21(10-8-17)19(22)13-16-11-14(2)24-20-16/h4-6,11-12,17H,3,7-10,13H2,1-2H3. The topological polar surface area (TPSA) is 55.6 Å². The quantitative estimate of drug-likeness (QED) is 0.846. The molecule has 1 aliphatic rings. The second-order valence-corrected chi connectivity index (χ2v) is 6.30. The van der Waals surface area contributed by atoms with Gasteiger partial charge >= 0.3 is 0 Å². The zero-order chi connectivity index (χ0) is 16.9. The smallest absolute Gasteiger partial charge is 0.228 e. The van der Waals surface area contributed by atoms with Gasteiger partial charge in [-0.2, -0.15) is 0 Å². The van der Waals surface area contributed by atoms with Crippen molar-refractivity contribution in [3.8, 4) is 5.75 Å². The van der Waals surface area contributed by atoms with Gasteiger partial charge in [0.2, 0.25) is 5.91 Å². The molecule has 0 atom stereocenters. The van der Waals surface area contributed by atoms with Gasteiger partial charge in [0.05, 0.1) is 12.1 Å². The minimum Gasteiger partial charge on any atom is -0.490 e. The lowest BCUT2D eigenvalue weighted by atomic mass is 10.1. The Morgan fingerprint density at radius 2 is 2.12 bits per heavy atom. The first-order chi connectivity index (χ1) is 11.6. The van der Waals surface area contributed by atoms with E-state index in [1.807, 2.05) is 30.0 Å². The van der Waals surface area contributed by atoms with Crippen molar-refractivity contribution in [2.24, 2.45) is 0 Å². The Morgan fingerprint density at radius 3 is 2.79 bits per heavy atom. The Kier molecular flexibility index (Phi) is 5.18. The van der Waals surface area contributed by atoms with Gasteiger partial charge in [-0.25, -0.2) is 0 Å². The lowest BCUT2D eigenvalue weighted by Crippen LogP contribution is -2.42. The number of aromatic nitrogens is 1. The number of carbonyl (C=O) groups excluding carboxylic acids is 1. The molecule has 0 bridgehead atoms. The van der Waals surface area contributed by atoms with Gasteiger partial charge in [-0.15, -0.1) is 0 Å². The first-order valence-electron chi connectivity index (χ1n) is 8.59. The SMILES string of the molecule is CCc1cccc(OC2CCN(C(=O)Cc3cc(C)on3)CC2)c1. The van der Waals surface area contributed by atoms with Crippen LogP contribution >= 0.6 is 0 Å². The first-order valence-corrected chi connectivity index (χ1v) is 8.59. The minimum atomic E-state index is 0.106. The number of benzene rings is 1. The van der Waals surface area contributed by atoms with Crippen molar-refractivity contribution in [2.45, 2.75) is 45.6 Å². The highest BCUT2D eigenvalue weighted by Crippen LogP contribution is 2.21. The molecule has 5 nitrogen and oxygen atoms in total. The Morgan fingerprint density at radius 1 is 1.33 bits per heavy atom. The van der Waals surface area contributed by atoms with Crippen LogP contribution in [0.4, 0.5) is 0 Å². The van der Waals surface area contributed by atoms with Crippen LogP contribution in [0.3, 0.4) is 0 Å². The summed E-state index contributed by atoms with van der Waals surface area (Å²) in [4.78, 5) is 14.2. The van der Waals surface area contributed by atoms with Crippen LogP contribution < -0.4 is 4.74 Å². The molecule has 1 fully saturated rings. The minimum absolute atomic E-state index is 0.106. The summed E-state index contributed by atoms with van der Waals surface area (Å²) in [5.41, 5.74) is 1.98. The molecule has 24 heavy (non-hydrogen) atoms. The lowest BCUT2D eigenvalue weighted by Gasteiger charge is -2.32. The monoisotopic (exact) mass is 328 g/mol. The third-order valence-electron chi connectivity index (χ3n) is 4.41. The van der Waals surface area contributed by atoms with Gasteiger partial charge in [-0.05, 0) is 31.0 Å². The normalized spacial score (nSPS) is 15.5. The van der Waals surface area contributed by atoms with Crippen molar-refractivity contribution in [3.05, 3.63) is 47.3 Å². The molecule has 2 heterocycles. The number of amides is 1. The van der Waals surface area contributed by atoms with Gasteiger partial charge in [0, 0.05) is 32.0 Å². The van der Waals surface area contributed by atoms with Crippen molar-refractivity contribution in [3.63, 3.8) is 0 Å². The summed E-state index contributed by atoms with van der Waals surface area (Å²) in [5, 5.41) is 3.89. The van der Waals surface area contributed by atoms with E-state index in [9.17, 15) is 4.79 Å². The number of hydrogen-bond donors (Lipinski definition) is 0. The molecule has 0 unspecified atom stereocenters. The van der Waals surface area contributed by atoms with Crippen LogP contribution in [0.25, 0.3) is 0 Å². The zero-order valence-electron chi connectivity index (χ0n) is 14.3. The number of aryl methyl sites for hydroxylation is 2. The fourth-order valence-electron chi connectivity index (χ4n) is 3.02. The van der Waals surface area contributed by atoms with E-state index in [1.54, 1.807) is 0 Å². The van der Waals surface area contributed by atoms with Gasteiger partial charge in [0.25, 0.3) is 0 Å². The molecule has 0 N–H and O–H groups in total. The van der Waals surface area contributed by atoms with Gasteiger partial charge in [0.1, 0.15) is 17.6 Å². The maximum Gasteiger partial charge on any atom is 0.228 e. The summed E-state index contributed by atoms with van der Waals surface area (Å²) in [6, 6.07) is 10.1. The maximum absolute atomic E-state index is 12.3. The van der Waals surface area contributed by atoms with Gasteiger partial charge in [-0.3, -0.25) is 4.79 Å². The van der Waals surface area contributed by atoms with E-state index >= 15 is 0 Å². The third kappa shape index (κ3) is 4.16. The summed E-state index contributed by atoms with van der Waals surface area (Å²) in [6.07, 6.45) is 3.21. The predicted octanol–water partition coefficient (Wildman–Crippen LogP) is 3.16. The number of piperidine rings is 1. The van der Waals surface area contributed by atoms with Crippen LogP contribution in [0, 0.1) is 6.92 Å². The van der Waals surface area contributed by atoms with Crippen molar-refractivity contribution in [2.75, 3.05) is 13.1 Å². The molecule has 128 valence electrons. The lowest BCUT2D eigenvalue weighted by molar-refractivity contribution is -0.132. The number of nitrogens with zero attached hydrogens (tertiary/aromatic N) is 2. The highest BCUT2D eigenvalue weighted by atomic mass is 16.5. The molecule has 1 amide bonds. The Labute approximate surface area is 142 Å². The van der Waals surface area contributed by atoms with E-state index in [-0.39, 0.29) is 12.0 Å². The highest BCUT2D eigenvalue weighted by Gasteiger charge is 2.24. The highest BCUT2D eigenvalue weighted by molar-refractivity contribution is 5.78. The number of hydrogen-bond acceptors (Lipinski definition) is 4. The molecule has 0 aliphatic carbocycles. The molecule has 5 heteroatoms. The van der Waals surface area contributed by atoms with Crippen molar-refractivity contribution < 1.29 is 14.1 Å². The molecular formula is C19H24N2O3. The molecule has 2 aromatic rings. The Balaban J connectivity index is 1.49. The molecular weight excluding hydrogens is 304 g/mol. The summed E-state index contributed by atoms with van der Waals surface area (Å²) in [6.45, 7) is 5.43. The van der Waals surface area contributed by atoms with Gasteiger partial charge < -0.3 is 14.2 Å². The summed E-state index contributed by atoms with van der Waals surface area (Å²) in [7, 11) is 0. The number of ether oxygens (including phenoxy) is 1. The van der Waals surface area contributed by atoms with Crippen molar-refractivity contribution in [1.29, 1.82) is 0 Å². The number of carbonyl (C=O) groups is 1. The van der Waals surface area contributed by atoms with Crippen LogP contribution in [0.5, 0.6) is 5.75 Å². The summed E-state index contributed by atoms with van der Waals surface area (Å²) in [5.74, 6) is 1.77. The van der Waals surface area contributed by atoms with Crippen LogP contribution in [0.1, 0.15) is 36.8 Å². The predicted molar refractivity (Wildman–Crippen MR) is 91.0 cm³/mol. The van der Waals surface area contributed by atoms with Crippen molar-refractivity contribution >= 4 is 5.91 Å². The largest absolute Gasteiger partial charge is 0.490 e. The second-order valence-electron chi connectivity index (χ2n) is 6.30. The Bertz CT molecular complexity index is 687. The van der Waals surface area contributed by atoms with Crippen molar-refractivity contribution in [1.82, 2.24) is 10.1 Å². The molecule has 0 saturated carbocycles. The van der Waals surface area contributed by atoms with E-state index in [1.165, 1.54) is 5.56 Å². The summed E-state index contributed by atoms with van der Waals surface area (Å²) >= 11 is 0.